The fraction of sp³-hybridized carbons (Fsp3) is 0.333. The second-order valence-corrected chi connectivity index (χ2v) is 10.4. The number of fused-ring (bicyclic) bond motifs is 1. The van der Waals surface area contributed by atoms with Gasteiger partial charge in [-0.2, -0.15) is 0 Å². The molecule has 0 bridgehead atoms. The van der Waals surface area contributed by atoms with E-state index in [1.165, 1.54) is 38.9 Å². The number of methoxy groups -OCH3 is 1. The average molecular weight is 593 g/mol. The van der Waals surface area contributed by atoms with Gasteiger partial charge in [-0.25, -0.2) is 0 Å². The van der Waals surface area contributed by atoms with E-state index in [9.17, 15) is 35.1 Å². The summed E-state index contributed by atoms with van der Waals surface area (Å²) < 4.78 is 16.7. The van der Waals surface area contributed by atoms with E-state index in [-0.39, 0.29) is 28.9 Å². The molecule has 0 aliphatic rings. The van der Waals surface area contributed by atoms with Gasteiger partial charge in [0.05, 0.1) is 20.1 Å². The molecule has 0 unspecified atom stereocenters. The molecule has 1 atom stereocenters. The van der Waals surface area contributed by atoms with Crippen molar-refractivity contribution in [3.8, 4) is 45.8 Å². The topological polar surface area (TPSA) is 167 Å². The van der Waals surface area contributed by atoms with E-state index in [2.05, 4.69) is 6.92 Å². The molecule has 4 aromatic rings. The number of hydrogen-bond acceptors (Lipinski definition) is 10. The third kappa shape index (κ3) is 6.97. The van der Waals surface area contributed by atoms with Gasteiger partial charge < -0.3 is 39.4 Å². The van der Waals surface area contributed by atoms with E-state index >= 15 is 0 Å². The number of benzene rings is 3. The summed E-state index contributed by atoms with van der Waals surface area (Å²) in [7, 11) is 1.22. The molecule has 0 amide bonds. The van der Waals surface area contributed by atoms with Crippen LogP contribution in [0.2, 0.25) is 0 Å². The maximum atomic E-state index is 13.3. The Morgan fingerprint density at radius 3 is 2.21 bits per heavy atom. The van der Waals surface area contributed by atoms with Gasteiger partial charge in [0.25, 0.3) is 0 Å². The highest BCUT2D eigenvalue weighted by atomic mass is 16.5. The number of phenols is 4. The van der Waals surface area contributed by atoms with E-state index in [4.69, 9.17) is 13.9 Å². The van der Waals surface area contributed by atoms with E-state index in [1.54, 1.807) is 24.3 Å². The van der Waals surface area contributed by atoms with Gasteiger partial charge in [0.15, 0.2) is 17.3 Å². The van der Waals surface area contributed by atoms with Crippen LogP contribution in [0.3, 0.4) is 0 Å². The zero-order valence-electron chi connectivity index (χ0n) is 24.1. The van der Waals surface area contributed by atoms with Gasteiger partial charge in [0.2, 0.25) is 11.2 Å². The number of phenolic OH excluding ortho intramolecular Hbond substituents is 4. The highest BCUT2D eigenvalue weighted by Crippen LogP contribution is 2.45. The van der Waals surface area contributed by atoms with Gasteiger partial charge in [-0.1, -0.05) is 51.2 Å². The first kappa shape index (κ1) is 31.1. The number of rotatable bonds is 13. The van der Waals surface area contributed by atoms with E-state index in [1.807, 2.05) is 0 Å². The molecule has 0 fully saturated rings. The van der Waals surface area contributed by atoms with Crippen LogP contribution in [0.4, 0.5) is 0 Å². The first-order valence-electron chi connectivity index (χ1n) is 14.2. The van der Waals surface area contributed by atoms with Crippen LogP contribution in [0.5, 0.6) is 34.5 Å². The second kappa shape index (κ2) is 13.9. The Hall–Kier alpha value is -4.86. The van der Waals surface area contributed by atoms with Crippen molar-refractivity contribution >= 4 is 16.9 Å². The van der Waals surface area contributed by atoms with Crippen LogP contribution in [-0.4, -0.2) is 45.2 Å². The molecule has 10 nitrogen and oxygen atoms in total. The predicted molar refractivity (Wildman–Crippen MR) is 160 cm³/mol. The molecule has 5 N–H and O–H groups in total. The summed E-state index contributed by atoms with van der Waals surface area (Å²) in [6, 6.07) is 11.4. The van der Waals surface area contributed by atoms with Crippen molar-refractivity contribution < 1.29 is 44.2 Å². The quantitative estimate of drug-likeness (QED) is 0.0664. The summed E-state index contributed by atoms with van der Waals surface area (Å²) in [5.41, 5.74) is -0.686. The van der Waals surface area contributed by atoms with E-state index in [0.717, 1.165) is 31.0 Å². The lowest BCUT2D eigenvalue weighted by Crippen LogP contribution is -2.12. The third-order valence-corrected chi connectivity index (χ3v) is 7.37. The Morgan fingerprint density at radius 1 is 0.837 bits per heavy atom. The molecule has 0 saturated carbocycles. The third-order valence-electron chi connectivity index (χ3n) is 7.37. The number of carbonyl (C=O) groups is 1. The molecule has 0 spiro atoms. The molecular formula is C33H36O10. The molecule has 1 aromatic heterocycles. The Morgan fingerprint density at radius 2 is 1.53 bits per heavy atom. The second-order valence-electron chi connectivity index (χ2n) is 10.4. The van der Waals surface area contributed by atoms with Crippen molar-refractivity contribution in [3.63, 3.8) is 0 Å². The lowest BCUT2D eigenvalue weighted by Gasteiger charge is -2.21. The summed E-state index contributed by atoms with van der Waals surface area (Å²) >= 11 is 0. The molecule has 4 rings (SSSR count). The molecule has 0 radical (unpaired) electrons. The van der Waals surface area contributed by atoms with Crippen molar-refractivity contribution in [2.45, 2.75) is 57.8 Å². The number of aromatic hydroxyl groups is 5. The minimum atomic E-state index is -1.00. The molecule has 10 heteroatoms. The molecule has 43 heavy (non-hydrogen) atoms. The monoisotopic (exact) mass is 592 g/mol. The number of carbonyl (C=O) groups excluding carboxylic acids is 1. The molecule has 3 aromatic carbocycles. The maximum absolute atomic E-state index is 13.3. The number of hydrogen-bond donors (Lipinski definition) is 5. The van der Waals surface area contributed by atoms with Crippen LogP contribution in [-0.2, 0) is 9.53 Å². The van der Waals surface area contributed by atoms with Gasteiger partial charge in [0.1, 0.15) is 28.2 Å². The fourth-order valence-corrected chi connectivity index (χ4v) is 5.05. The summed E-state index contributed by atoms with van der Waals surface area (Å²) in [4.78, 5) is 25.8. The maximum Gasteiger partial charge on any atom is 0.306 e. The van der Waals surface area contributed by atoms with Crippen molar-refractivity contribution in [2.75, 3.05) is 13.7 Å². The zero-order chi connectivity index (χ0) is 31.1. The van der Waals surface area contributed by atoms with Crippen molar-refractivity contribution in [2.24, 2.45) is 0 Å². The number of esters is 1. The summed E-state index contributed by atoms with van der Waals surface area (Å²) in [5.74, 6) is -4.20. The largest absolute Gasteiger partial charge is 0.507 e. The van der Waals surface area contributed by atoms with Crippen LogP contribution in [0, 0.1) is 0 Å². The molecule has 0 aliphatic carbocycles. The van der Waals surface area contributed by atoms with Crippen LogP contribution < -0.4 is 10.2 Å². The molecule has 1 heterocycles. The predicted octanol–water partition coefficient (Wildman–Crippen LogP) is 6.42. The van der Waals surface area contributed by atoms with Gasteiger partial charge in [-0.15, -0.1) is 0 Å². The lowest BCUT2D eigenvalue weighted by molar-refractivity contribution is -0.140. The van der Waals surface area contributed by atoms with Crippen molar-refractivity contribution in [1.82, 2.24) is 0 Å². The standard InChI is InChI=1S/C33H36O10/c1-3-4-5-6-7-8-15-42-21-12-9-19(10-13-21)22(17-27(38)41-2)28-25(36)18-26(37)29-30(39)31(40)32(43-33(28)29)20-11-14-23(34)24(35)16-20/h9-14,16,18,22,34-37,40H,3-8,15,17H2,1-2H3/t22-/m1/s1. The van der Waals surface area contributed by atoms with Crippen LogP contribution in [0.15, 0.2) is 57.7 Å². The van der Waals surface area contributed by atoms with Gasteiger partial charge in [-0.3, -0.25) is 9.59 Å². The molecule has 228 valence electrons. The summed E-state index contributed by atoms with van der Waals surface area (Å²) in [6.07, 6.45) is 6.55. The normalized spacial score (nSPS) is 11.9. The average Bonchev–Trinajstić information content (AvgIpc) is 2.99. The first-order valence-corrected chi connectivity index (χ1v) is 14.2. The van der Waals surface area contributed by atoms with Crippen molar-refractivity contribution in [3.05, 3.63) is 69.9 Å². The Labute approximate surface area is 248 Å². The fourth-order valence-electron chi connectivity index (χ4n) is 5.05. The summed E-state index contributed by atoms with van der Waals surface area (Å²) in [6.45, 7) is 2.74. The minimum absolute atomic E-state index is 0.000276. The van der Waals surface area contributed by atoms with Gasteiger partial charge >= 0.3 is 5.97 Å². The smallest absolute Gasteiger partial charge is 0.306 e. The Kier molecular flexibility index (Phi) is 10.0. The zero-order valence-corrected chi connectivity index (χ0v) is 24.1. The minimum Gasteiger partial charge on any atom is -0.507 e. The SMILES string of the molecule is CCCCCCCCOc1ccc([C@@H](CC(=O)OC)c2c(O)cc(O)c3c(=O)c(O)c(-c4ccc(O)c(O)c4)oc23)cc1. The molecule has 0 aliphatic heterocycles. The lowest BCUT2D eigenvalue weighted by atomic mass is 9.86. The Bertz CT molecular complexity index is 1640. The van der Waals surface area contributed by atoms with Gasteiger partial charge in [-0.05, 0) is 42.3 Å². The first-order chi connectivity index (χ1) is 20.7. The van der Waals surface area contributed by atoms with Crippen LogP contribution >= 0.6 is 0 Å². The van der Waals surface area contributed by atoms with Crippen LogP contribution in [0.25, 0.3) is 22.3 Å². The van der Waals surface area contributed by atoms with Crippen molar-refractivity contribution in [1.29, 1.82) is 0 Å². The van der Waals surface area contributed by atoms with Crippen LogP contribution in [0.1, 0.15) is 68.9 Å². The highest BCUT2D eigenvalue weighted by molar-refractivity contribution is 5.92. The molecule has 0 saturated heterocycles. The van der Waals surface area contributed by atoms with E-state index in [0.29, 0.717) is 17.9 Å². The number of unbranched alkanes of at least 4 members (excludes halogenated alkanes) is 5. The molecular weight excluding hydrogens is 556 g/mol. The number of ether oxygens (including phenoxy) is 2. The van der Waals surface area contributed by atoms with Gasteiger partial charge in [0, 0.05) is 23.1 Å². The Balaban J connectivity index is 1.76. The highest BCUT2D eigenvalue weighted by Gasteiger charge is 2.30. The van der Waals surface area contributed by atoms with E-state index < -0.39 is 51.4 Å². The summed E-state index contributed by atoms with van der Waals surface area (Å²) in [5, 5.41) is 51.6.